The zero-order valence-electron chi connectivity index (χ0n) is 9.79. The predicted octanol–water partition coefficient (Wildman–Crippen LogP) is 2.37. The van der Waals surface area contributed by atoms with Gasteiger partial charge in [0.15, 0.2) is 0 Å². The molecule has 0 aliphatic carbocycles. The Morgan fingerprint density at radius 1 is 1.47 bits per heavy atom. The molecule has 1 aromatic heterocycles. The number of ether oxygens (including phenoxy) is 1. The number of aromatic nitrogens is 1. The van der Waals surface area contributed by atoms with Gasteiger partial charge in [-0.3, -0.25) is 4.98 Å². The Labute approximate surface area is 91.9 Å². The average molecular weight is 208 g/mol. The fourth-order valence-electron chi connectivity index (χ4n) is 1.46. The summed E-state index contributed by atoms with van der Waals surface area (Å²) in [5, 5.41) is 3.06. The second kappa shape index (κ2) is 6.40. The highest BCUT2D eigenvalue weighted by atomic mass is 16.5. The highest BCUT2D eigenvalue weighted by Crippen LogP contribution is 2.13. The lowest BCUT2D eigenvalue weighted by atomic mass is 10.2. The monoisotopic (exact) mass is 208 g/mol. The van der Waals surface area contributed by atoms with Crippen LogP contribution in [-0.2, 0) is 6.54 Å². The molecule has 1 rings (SSSR count). The van der Waals surface area contributed by atoms with Gasteiger partial charge in [0.1, 0.15) is 5.75 Å². The molecule has 0 radical (unpaired) electrons. The summed E-state index contributed by atoms with van der Waals surface area (Å²) in [6.07, 6.45) is 4.29. The maximum atomic E-state index is 5.70. The maximum absolute atomic E-state index is 5.70. The van der Waals surface area contributed by atoms with Gasteiger partial charge in [0.05, 0.1) is 18.0 Å². The van der Waals surface area contributed by atoms with E-state index in [4.69, 9.17) is 4.74 Å². The van der Waals surface area contributed by atoms with Crippen LogP contribution < -0.4 is 10.1 Å². The highest BCUT2D eigenvalue weighted by molar-refractivity contribution is 5.20. The van der Waals surface area contributed by atoms with Crippen molar-refractivity contribution in [1.29, 1.82) is 0 Å². The van der Waals surface area contributed by atoms with Gasteiger partial charge in [-0.1, -0.05) is 13.3 Å². The lowest BCUT2D eigenvalue weighted by Gasteiger charge is -2.13. The molecule has 0 saturated heterocycles. The maximum Gasteiger partial charge on any atom is 0.138 e. The van der Waals surface area contributed by atoms with Gasteiger partial charge in [0, 0.05) is 6.54 Å². The first-order valence-corrected chi connectivity index (χ1v) is 5.52. The topological polar surface area (TPSA) is 34.1 Å². The lowest BCUT2D eigenvalue weighted by molar-refractivity contribution is 0.209. The minimum absolute atomic E-state index is 0.270. The van der Waals surface area contributed by atoms with E-state index in [9.17, 15) is 0 Å². The third kappa shape index (κ3) is 4.30. The van der Waals surface area contributed by atoms with E-state index >= 15 is 0 Å². The van der Waals surface area contributed by atoms with Crippen LogP contribution in [0.2, 0.25) is 0 Å². The molecular weight excluding hydrogens is 188 g/mol. The Bertz CT molecular complexity index is 271. The molecule has 15 heavy (non-hydrogen) atoms. The Balaban J connectivity index is 2.48. The van der Waals surface area contributed by atoms with Crippen molar-refractivity contribution < 1.29 is 4.74 Å². The van der Waals surface area contributed by atoms with Gasteiger partial charge in [0.25, 0.3) is 0 Å². The molecule has 0 aromatic carbocycles. The third-order valence-electron chi connectivity index (χ3n) is 2.19. The molecule has 0 fully saturated rings. The SMILES string of the molecule is CCCC(C)Oc1ccc(CNC)nc1. The summed E-state index contributed by atoms with van der Waals surface area (Å²) >= 11 is 0. The Morgan fingerprint density at radius 3 is 2.80 bits per heavy atom. The van der Waals surface area contributed by atoms with Gasteiger partial charge in [-0.2, -0.15) is 0 Å². The van der Waals surface area contributed by atoms with Gasteiger partial charge in [-0.05, 0) is 32.5 Å². The molecule has 1 unspecified atom stereocenters. The zero-order valence-corrected chi connectivity index (χ0v) is 9.79. The molecule has 1 N–H and O–H groups in total. The number of nitrogens with zero attached hydrogens (tertiary/aromatic N) is 1. The molecule has 0 saturated carbocycles. The van der Waals surface area contributed by atoms with E-state index in [-0.39, 0.29) is 6.10 Å². The summed E-state index contributed by atoms with van der Waals surface area (Å²) in [4.78, 5) is 4.29. The van der Waals surface area contributed by atoms with Crippen LogP contribution in [0.15, 0.2) is 18.3 Å². The van der Waals surface area contributed by atoms with E-state index in [0.717, 1.165) is 30.8 Å². The van der Waals surface area contributed by atoms with Crippen molar-refractivity contribution in [1.82, 2.24) is 10.3 Å². The fraction of sp³-hybridized carbons (Fsp3) is 0.583. The first kappa shape index (κ1) is 12.0. The normalized spacial score (nSPS) is 12.5. The number of hydrogen-bond acceptors (Lipinski definition) is 3. The molecule has 1 atom stereocenters. The smallest absolute Gasteiger partial charge is 0.138 e. The van der Waals surface area contributed by atoms with E-state index in [0.29, 0.717) is 0 Å². The fourth-order valence-corrected chi connectivity index (χ4v) is 1.46. The van der Waals surface area contributed by atoms with Crippen molar-refractivity contribution in [2.24, 2.45) is 0 Å². The number of rotatable bonds is 6. The van der Waals surface area contributed by atoms with E-state index in [1.54, 1.807) is 6.20 Å². The van der Waals surface area contributed by atoms with Crippen LogP contribution in [-0.4, -0.2) is 18.1 Å². The summed E-state index contributed by atoms with van der Waals surface area (Å²) < 4.78 is 5.70. The van der Waals surface area contributed by atoms with Gasteiger partial charge in [0.2, 0.25) is 0 Å². The van der Waals surface area contributed by atoms with Crippen molar-refractivity contribution in [3.8, 4) is 5.75 Å². The van der Waals surface area contributed by atoms with Gasteiger partial charge >= 0.3 is 0 Å². The van der Waals surface area contributed by atoms with Crippen LogP contribution in [0.1, 0.15) is 32.4 Å². The quantitative estimate of drug-likeness (QED) is 0.779. The van der Waals surface area contributed by atoms with Crippen molar-refractivity contribution >= 4 is 0 Å². The van der Waals surface area contributed by atoms with Crippen LogP contribution in [0.25, 0.3) is 0 Å². The third-order valence-corrected chi connectivity index (χ3v) is 2.19. The zero-order chi connectivity index (χ0) is 11.1. The molecule has 0 spiro atoms. The van der Waals surface area contributed by atoms with Gasteiger partial charge in [-0.25, -0.2) is 0 Å². The van der Waals surface area contributed by atoms with Crippen LogP contribution in [0.3, 0.4) is 0 Å². The molecule has 84 valence electrons. The molecule has 1 aromatic rings. The molecular formula is C12H20N2O. The molecule has 1 heterocycles. The predicted molar refractivity (Wildman–Crippen MR) is 62.0 cm³/mol. The van der Waals surface area contributed by atoms with Crippen molar-refractivity contribution in [2.45, 2.75) is 39.3 Å². The summed E-state index contributed by atoms with van der Waals surface area (Å²) in [7, 11) is 1.91. The van der Waals surface area contributed by atoms with Crippen LogP contribution in [0.4, 0.5) is 0 Å². The summed E-state index contributed by atoms with van der Waals surface area (Å²) in [6, 6.07) is 3.97. The van der Waals surface area contributed by atoms with Crippen LogP contribution in [0.5, 0.6) is 5.75 Å². The van der Waals surface area contributed by atoms with Crippen molar-refractivity contribution in [3.05, 3.63) is 24.0 Å². The van der Waals surface area contributed by atoms with E-state index in [2.05, 4.69) is 24.1 Å². The number of hydrogen-bond donors (Lipinski definition) is 1. The average Bonchev–Trinajstić information content (AvgIpc) is 2.22. The second-order valence-electron chi connectivity index (χ2n) is 3.73. The Morgan fingerprint density at radius 2 is 2.27 bits per heavy atom. The largest absolute Gasteiger partial charge is 0.489 e. The van der Waals surface area contributed by atoms with Crippen molar-refractivity contribution in [3.63, 3.8) is 0 Å². The molecule has 3 nitrogen and oxygen atoms in total. The van der Waals surface area contributed by atoms with Gasteiger partial charge in [-0.15, -0.1) is 0 Å². The van der Waals surface area contributed by atoms with Gasteiger partial charge < -0.3 is 10.1 Å². The summed E-state index contributed by atoms with van der Waals surface area (Å²) in [5.41, 5.74) is 1.04. The summed E-state index contributed by atoms with van der Waals surface area (Å²) in [6.45, 7) is 5.05. The number of pyridine rings is 1. The first-order chi connectivity index (χ1) is 7.26. The van der Waals surface area contributed by atoms with Crippen LogP contribution >= 0.6 is 0 Å². The standard InChI is InChI=1S/C12H20N2O/c1-4-5-10(2)15-12-7-6-11(8-13-3)14-9-12/h6-7,9-10,13H,4-5,8H2,1-3H3. The molecule has 0 amide bonds. The molecule has 0 aliphatic rings. The Hall–Kier alpha value is -1.09. The number of nitrogens with one attached hydrogen (secondary N) is 1. The van der Waals surface area contributed by atoms with Crippen molar-refractivity contribution in [2.75, 3.05) is 7.05 Å². The first-order valence-electron chi connectivity index (χ1n) is 5.52. The van der Waals surface area contributed by atoms with Crippen LogP contribution in [0, 0.1) is 0 Å². The molecule has 0 bridgehead atoms. The van der Waals surface area contributed by atoms with E-state index < -0.39 is 0 Å². The molecule has 0 aliphatic heterocycles. The minimum atomic E-state index is 0.270. The molecule has 3 heteroatoms. The van der Waals surface area contributed by atoms with E-state index in [1.807, 2.05) is 19.2 Å². The summed E-state index contributed by atoms with van der Waals surface area (Å²) in [5.74, 6) is 0.857. The highest BCUT2D eigenvalue weighted by Gasteiger charge is 2.02. The minimum Gasteiger partial charge on any atom is -0.489 e. The van der Waals surface area contributed by atoms with E-state index in [1.165, 1.54) is 0 Å². The Kier molecular flexibility index (Phi) is 5.12. The lowest BCUT2D eigenvalue weighted by Crippen LogP contribution is -2.11. The second-order valence-corrected chi connectivity index (χ2v) is 3.73.